The first-order valence-electron chi connectivity index (χ1n) is 10.9. The zero-order valence-corrected chi connectivity index (χ0v) is 21.0. The molecule has 0 atom stereocenters. The van der Waals surface area contributed by atoms with Gasteiger partial charge >= 0.3 is 5.51 Å². The largest absolute Gasteiger partial charge is 0.442 e. The van der Waals surface area contributed by atoms with Crippen molar-refractivity contribution in [3.8, 4) is 0 Å². The summed E-state index contributed by atoms with van der Waals surface area (Å²) in [6.45, 7) is 12.8. The normalized spacial score (nSPS) is 14.6. The van der Waals surface area contributed by atoms with Crippen LogP contribution in [0, 0.1) is 18.7 Å². The highest BCUT2D eigenvalue weighted by Crippen LogP contribution is 2.30. The number of aliphatic imine (C=N–C) groups is 1. The monoisotopic (exact) mass is 479 g/mol. The molecule has 0 aliphatic heterocycles. The number of hydrogen-bond acceptors (Lipinski definition) is 4. The van der Waals surface area contributed by atoms with E-state index in [4.69, 9.17) is 0 Å². The molecule has 0 bridgehead atoms. The molecule has 1 aromatic carbocycles. The second-order valence-corrected chi connectivity index (χ2v) is 9.59. The van der Waals surface area contributed by atoms with E-state index in [1.807, 2.05) is 13.8 Å². The Kier molecular flexibility index (Phi) is 13.4. The van der Waals surface area contributed by atoms with Gasteiger partial charge in [-0.2, -0.15) is 13.2 Å². The molecular formula is C24H37F4NO2S. The summed E-state index contributed by atoms with van der Waals surface area (Å²) in [4.78, 5) is 14.6. The summed E-state index contributed by atoms with van der Waals surface area (Å²) in [6.07, 6.45) is 5.43. The van der Waals surface area contributed by atoms with E-state index in [1.54, 1.807) is 33.8 Å². The fourth-order valence-corrected chi connectivity index (χ4v) is 2.91. The maximum absolute atomic E-state index is 13.9. The molecule has 0 amide bonds. The van der Waals surface area contributed by atoms with Gasteiger partial charge in [-0.15, -0.1) is 0 Å². The summed E-state index contributed by atoms with van der Waals surface area (Å²) in [5.41, 5.74) is -2.73. The number of aryl methyl sites for hydroxylation is 1. The van der Waals surface area contributed by atoms with E-state index in [9.17, 15) is 27.5 Å². The Morgan fingerprint density at radius 3 is 2.03 bits per heavy atom. The summed E-state index contributed by atoms with van der Waals surface area (Å²) in [5.74, 6) is -0.146. The lowest BCUT2D eigenvalue weighted by Crippen LogP contribution is -2.16. The Balaban J connectivity index is 0.000000536. The minimum atomic E-state index is -4.27. The van der Waals surface area contributed by atoms with Crippen LogP contribution in [-0.2, 0) is 10.4 Å². The Bertz CT molecular complexity index is 728. The van der Waals surface area contributed by atoms with Crippen LogP contribution in [0.5, 0.6) is 0 Å². The van der Waals surface area contributed by atoms with E-state index in [0.717, 1.165) is 23.6 Å². The first-order valence-corrected chi connectivity index (χ1v) is 11.9. The molecule has 0 radical (unpaired) electrons. The predicted octanol–water partition coefficient (Wildman–Crippen LogP) is 7.89. The van der Waals surface area contributed by atoms with Crippen LogP contribution in [-0.4, -0.2) is 27.9 Å². The van der Waals surface area contributed by atoms with Crippen LogP contribution in [0.25, 0.3) is 0 Å². The van der Waals surface area contributed by atoms with Gasteiger partial charge in [0.25, 0.3) is 0 Å². The number of hydrogen-bond donors (Lipinski definition) is 1. The van der Waals surface area contributed by atoms with Crippen LogP contribution in [0.3, 0.4) is 0 Å². The van der Waals surface area contributed by atoms with Gasteiger partial charge in [0.05, 0.1) is 11.4 Å². The second kappa shape index (κ2) is 14.0. The Morgan fingerprint density at radius 2 is 1.72 bits per heavy atom. The summed E-state index contributed by atoms with van der Waals surface area (Å²) in [7, 11) is 0. The SMILES string of the molecule is CC1CCC1.CCC(=O)CSC(F)(F)F.CCC(C)=Nc1c(C)cc(C(C)(C)O)cc1F. The molecule has 8 heteroatoms. The van der Waals surface area contributed by atoms with Gasteiger partial charge in [0.2, 0.25) is 0 Å². The van der Waals surface area contributed by atoms with E-state index >= 15 is 0 Å². The lowest BCUT2D eigenvalue weighted by molar-refractivity contribution is -0.116. The minimum Gasteiger partial charge on any atom is -0.386 e. The highest BCUT2D eigenvalue weighted by Gasteiger charge is 2.28. The maximum atomic E-state index is 13.9. The van der Waals surface area contributed by atoms with Gasteiger partial charge in [-0.3, -0.25) is 9.79 Å². The number of carbonyl (C=O) groups is 1. The molecular weight excluding hydrogens is 442 g/mol. The number of aliphatic hydroxyl groups is 1. The number of nitrogens with zero attached hydrogens (tertiary/aromatic N) is 1. The molecule has 0 spiro atoms. The van der Waals surface area contributed by atoms with Crippen LogP contribution < -0.4 is 0 Å². The molecule has 1 aliphatic rings. The summed E-state index contributed by atoms with van der Waals surface area (Å²) < 4.78 is 48.0. The molecule has 1 fully saturated rings. The number of carbonyl (C=O) groups excluding carboxylic acids is 1. The summed E-state index contributed by atoms with van der Waals surface area (Å²) in [6, 6.07) is 3.14. The van der Waals surface area contributed by atoms with Gasteiger partial charge in [0, 0.05) is 12.1 Å². The molecule has 1 aromatic rings. The van der Waals surface area contributed by atoms with Crippen molar-refractivity contribution in [2.75, 3.05) is 5.75 Å². The quantitative estimate of drug-likeness (QED) is 0.333. The van der Waals surface area contributed by atoms with Gasteiger partial charge in [-0.25, -0.2) is 4.39 Å². The molecule has 1 N–H and O–H groups in total. The Labute approximate surface area is 194 Å². The van der Waals surface area contributed by atoms with E-state index in [0.29, 0.717) is 11.3 Å². The molecule has 1 saturated carbocycles. The molecule has 0 heterocycles. The average molecular weight is 480 g/mol. The number of Topliss-reactive ketones (excluding diaryl/α,β-unsaturated/α-hetero) is 1. The van der Waals surface area contributed by atoms with E-state index in [1.165, 1.54) is 25.3 Å². The lowest BCUT2D eigenvalue weighted by atomic mass is 9.88. The van der Waals surface area contributed by atoms with E-state index in [2.05, 4.69) is 11.9 Å². The second-order valence-electron chi connectivity index (χ2n) is 8.55. The maximum Gasteiger partial charge on any atom is 0.442 e. The first kappa shape index (κ1) is 30.6. The number of ketones is 1. The lowest BCUT2D eigenvalue weighted by Gasteiger charge is -2.19. The molecule has 3 nitrogen and oxygen atoms in total. The predicted molar refractivity (Wildman–Crippen MR) is 126 cm³/mol. The standard InChI is InChI=1S/C14H20FNO.C5H7F3OS.C5H10/c1-6-10(3)16-13-9(2)7-11(8-12(13)15)14(4,5)17;1-2-4(9)3-10-5(6,7)8;1-5-3-2-4-5/h7-8,17H,6H2,1-5H3;2-3H2,1H3;5H,2-4H2,1H3. The van der Waals surface area contributed by atoms with Crippen LogP contribution >= 0.6 is 11.8 Å². The molecule has 0 unspecified atom stereocenters. The van der Waals surface area contributed by atoms with Crippen molar-refractivity contribution >= 4 is 28.9 Å². The van der Waals surface area contributed by atoms with Crippen molar-refractivity contribution in [1.29, 1.82) is 0 Å². The van der Waals surface area contributed by atoms with Crippen LogP contribution in [0.4, 0.5) is 23.2 Å². The van der Waals surface area contributed by atoms with Crippen LogP contribution in [0.15, 0.2) is 17.1 Å². The average Bonchev–Trinajstić information content (AvgIpc) is 2.66. The number of benzene rings is 1. The first-order chi connectivity index (χ1) is 14.6. The van der Waals surface area contributed by atoms with E-state index in [-0.39, 0.29) is 29.8 Å². The third-order valence-corrected chi connectivity index (χ3v) is 5.75. The molecule has 0 aromatic heterocycles. The number of thioether (sulfide) groups is 1. The molecule has 32 heavy (non-hydrogen) atoms. The van der Waals surface area contributed by atoms with Crippen molar-refractivity contribution in [3.05, 3.63) is 29.1 Å². The fourth-order valence-electron chi connectivity index (χ4n) is 2.38. The molecule has 2 rings (SSSR count). The number of alkyl halides is 3. The van der Waals surface area contributed by atoms with Crippen molar-refractivity contribution in [2.45, 2.75) is 91.7 Å². The Morgan fingerprint density at radius 1 is 1.19 bits per heavy atom. The van der Waals surface area contributed by atoms with Gasteiger partial charge in [-0.1, -0.05) is 46.1 Å². The molecule has 184 valence electrons. The number of rotatable bonds is 6. The zero-order chi connectivity index (χ0) is 25.1. The molecule has 1 aliphatic carbocycles. The van der Waals surface area contributed by atoms with E-state index < -0.39 is 16.9 Å². The van der Waals surface area contributed by atoms with Gasteiger partial charge in [0.15, 0.2) is 0 Å². The number of halogens is 4. The zero-order valence-electron chi connectivity index (χ0n) is 20.2. The van der Waals surface area contributed by atoms with Crippen LogP contribution in [0.2, 0.25) is 0 Å². The molecule has 0 saturated heterocycles. The van der Waals surface area contributed by atoms with Gasteiger partial charge in [-0.05, 0) is 69.0 Å². The van der Waals surface area contributed by atoms with Crippen molar-refractivity contribution in [1.82, 2.24) is 0 Å². The van der Waals surface area contributed by atoms with Crippen molar-refractivity contribution in [2.24, 2.45) is 10.9 Å². The Hall–Kier alpha value is -1.41. The van der Waals surface area contributed by atoms with Crippen molar-refractivity contribution < 1.29 is 27.5 Å². The summed E-state index contributed by atoms with van der Waals surface area (Å²) in [5, 5.41) is 9.85. The third kappa shape index (κ3) is 13.2. The van der Waals surface area contributed by atoms with Crippen LogP contribution in [0.1, 0.15) is 84.8 Å². The third-order valence-electron chi connectivity index (χ3n) is 4.96. The van der Waals surface area contributed by atoms with Crippen molar-refractivity contribution in [3.63, 3.8) is 0 Å². The topological polar surface area (TPSA) is 49.7 Å². The minimum absolute atomic E-state index is 0.170. The summed E-state index contributed by atoms with van der Waals surface area (Å²) >= 11 is -0.283. The van der Waals surface area contributed by atoms with Gasteiger partial charge < -0.3 is 5.11 Å². The van der Waals surface area contributed by atoms with Gasteiger partial charge in [0.1, 0.15) is 17.3 Å². The highest BCUT2D eigenvalue weighted by molar-refractivity contribution is 8.00. The highest BCUT2D eigenvalue weighted by atomic mass is 32.2. The fraction of sp³-hybridized carbons (Fsp3) is 0.667. The smallest absolute Gasteiger partial charge is 0.386 e.